The molecular weight excluding hydrogens is 340 g/mol. The van der Waals surface area contributed by atoms with E-state index in [-0.39, 0.29) is 5.75 Å². The number of benzene rings is 2. The van der Waals surface area contributed by atoms with Crippen LogP contribution in [0.15, 0.2) is 48.5 Å². The molecule has 0 radical (unpaired) electrons. The summed E-state index contributed by atoms with van der Waals surface area (Å²) in [5.41, 5.74) is 1.85. The molecule has 6 heteroatoms. The van der Waals surface area contributed by atoms with Gasteiger partial charge in [-0.1, -0.05) is 35.9 Å². The Morgan fingerprint density at radius 1 is 1.08 bits per heavy atom. The first-order valence-electron chi connectivity index (χ1n) is 8.25. The standard InChI is InChI=1S/C19H21ClN2O3/c20-16-3-1-2-14(12-16)13-21-8-10-22(11-9-21)18(19(24)25)15-4-6-17(23)7-5-15/h1-7,12,18,23H,8-11,13H2,(H,24,25). The molecule has 2 aromatic carbocycles. The monoisotopic (exact) mass is 360 g/mol. The molecule has 5 nitrogen and oxygen atoms in total. The number of phenols is 1. The molecule has 3 rings (SSSR count). The van der Waals surface area contributed by atoms with Gasteiger partial charge in [-0.05, 0) is 35.4 Å². The summed E-state index contributed by atoms with van der Waals surface area (Å²) in [6, 6.07) is 13.5. The summed E-state index contributed by atoms with van der Waals surface area (Å²) in [7, 11) is 0. The molecular formula is C19H21ClN2O3. The molecule has 1 aliphatic rings. The normalized spacial score (nSPS) is 17.3. The lowest BCUT2D eigenvalue weighted by molar-refractivity contribution is -0.144. The Morgan fingerprint density at radius 2 is 1.76 bits per heavy atom. The van der Waals surface area contributed by atoms with Crippen molar-refractivity contribution in [1.82, 2.24) is 9.80 Å². The van der Waals surface area contributed by atoms with E-state index in [0.717, 1.165) is 30.2 Å². The van der Waals surface area contributed by atoms with Gasteiger partial charge in [0.1, 0.15) is 11.8 Å². The summed E-state index contributed by atoms with van der Waals surface area (Å²) < 4.78 is 0. The van der Waals surface area contributed by atoms with Gasteiger partial charge in [-0.15, -0.1) is 0 Å². The molecule has 2 aromatic rings. The Bertz CT molecular complexity index is 728. The Balaban J connectivity index is 1.63. The highest BCUT2D eigenvalue weighted by Gasteiger charge is 2.30. The number of rotatable bonds is 5. The van der Waals surface area contributed by atoms with E-state index in [9.17, 15) is 15.0 Å². The second kappa shape index (κ2) is 7.87. The van der Waals surface area contributed by atoms with Gasteiger partial charge in [0.25, 0.3) is 0 Å². The van der Waals surface area contributed by atoms with Crippen molar-refractivity contribution in [1.29, 1.82) is 0 Å². The zero-order valence-corrected chi connectivity index (χ0v) is 14.6. The number of nitrogens with zero attached hydrogens (tertiary/aromatic N) is 2. The van der Waals surface area contributed by atoms with Crippen molar-refractivity contribution >= 4 is 17.6 Å². The second-order valence-corrected chi connectivity index (χ2v) is 6.71. The molecule has 1 fully saturated rings. The third kappa shape index (κ3) is 4.51. The molecule has 25 heavy (non-hydrogen) atoms. The highest BCUT2D eigenvalue weighted by Crippen LogP contribution is 2.25. The van der Waals surface area contributed by atoms with Crippen LogP contribution in [-0.4, -0.2) is 52.2 Å². The maximum Gasteiger partial charge on any atom is 0.325 e. The number of aromatic hydroxyl groups is 1. The van der Waals surface area contributed by atoms with Crippen molar-refractivity contribution < 1.29 is 15.0 Å². The summed E-state index contributed by atoms with van der Waals surface area (Å²) in [6.07, 6.45) is 0. The van der Waals surface area contributed by atoms with Crippen molar-refractivity contribution in [3.63, 3.8) is 0 Å². The SMILES string of the molecule is O=C(O)C(c1ccc(O)cc1)N1CCN(Cc2cccc(Cl)c2)CC1. The first-order valence-corrected chi connectivity index (χ1v) is 8.63. The highest BCUT2D eigenvalue weighted by molar-refractivity contribution is 6.30. The van der Waals surface area contributed by atoms with Gasteiger partial charge < -0.3 is 10.2 Å². The number of carboxylic acid groups (broad SMARTS) is 1. The van der Waals surface area contributed by atoms with Crippen LogP contribution in [-0.2, 0) is 11.3 Å². The molecule has 1 atom stereocenters. The van der Waals surface area contributed by atoms with Gasteiger partial charge in [0.05, 0.1) is 0 Å². The number of carbonyl (C=O) groups is 1. The summed E-state index contributed by atoms with van der Waals surface area (Å²) in [6.45, 7) is 3.77. The average Bonchev–Trinajstić information content (AvgIpc) is 2.58. The Kier molecular flexibility index (Phi) is 5.58. The maximum atomic E-state index is 11.8. The number of hydrogen-bond acceptors (Lipinski definition) is 4. The Morgan fingerprint density at radius 3 is 2.36 bits per heavy atom. The lowest BCUT2D eigenvalue weighted by Gasteiger charge is -2.37. The van der Waals surface area contributed by atoms with E-state index in [0.29, 0.717) is 18.7 Å². The first-order chi connectivity index (χ1) is 12.0. The lowest BCUT2D eigenvalue weighted by atomic mass is 10.0. The maximum absolute atomic E-state index is 11.8. The van der Waals surface area contributed by atoms with Gasteiger partial charge in [-0.3, -0.25) is 14.6 Å². The third-order valence-electron chi connectivity index (χ3n) is 4.51. The van der Waals surface area contributed by atoms with Crippen molar-refractivity contribution in [3.05, 3.63) is 64.7 Å². The predicted octanol–water partition coefficient (Wildman–Crippen LogP) is 2.99. The van der Waals surface area contributed by atoms with Crippen LogP contribution < -0.4 is 0 Å². The molecule has 1 saturated heterocycles. The molecule has 0 bridgehead atoms. The van der Waals surface area contributed by atoms with Crippen LogP contribution in [0.3, 0.4) is 0 Å². The van der Waals surface area contributed by atoms with E-state index in [1.54, 1.807) is 12.1 Å². The summed E-state index contributed by atoms with van der Waals surface area (Å²) in [4.78, 5) is 16.0. The average molecular weight is 361 g/mol. The fraction of sp³-hybridized carbons (Fsp3) is 0.316. The van der Waals surface area contributed by atoms with E-state index in [1.807, 2.05) is 23.1 Å². The van der Waals surface area contributed by atoms with E-state index in [1.165, 1.54) is 12.1 Å². The van der Waals surface area contributed by atoms with Gasteiger partial charge in [0.2, 0.25) is 0 Å². The molecule has 0 amide bonds. The van der Waals surface area contributed by atoms with Gasteiger partial charge in [0, 0.05) is 37.7 Å². The van der Waals surface area contributed by atoms with E-state index >= 15 is 0 Å². The van der Waals surface area contributed by atoms with Gasteiger partial charge in [-0.2, -0.15) is 0 Å². The minimum absolute atomic E-state index is 0.138. The van der Waals surface area contributed by atoms with E-state index < -0.39 is 12.0 Å². The largest absolute Gasteiger partial charge is 0.508 e. The number of hydrogen-bond donors (Lipinski definition) is 2. The number of carboxylic acids is 1. The summed E-state index contributed by atoms with van der Waals surface area (Å²) >= 11 is 6.03. The smallest absolute Gasteiger partial charge is 0.325 e. The van der Waals surface area contributed by atoms with Crippen LogP contribution >= 0.6 is 11.6 Å². The zero-order chi connectivity index (χ0) is 17.8. The van der Waals surface area contributed by atoms with Gasteiger partial charge in [0.15, 0.2) is 0 Å². The fourth-order valence-corrected chi connectivity index (χ4v) is 3.45. The van der Waals surface area contributed by atoms with Crippen LogP contribution in [0.4, 0.5) is 0 Å². The zero-order valence-electron chi connectivity index (χ0n) is 13.8. The number of halogens is 1. The van der Waals surface area contributed by atoms with Gasteiger partial charge in [-0.25, -0.2) is 0 Å². The molecule has 1 aliphatic heterocycles. The van der Waals surface area contributed by atoms with Crippen LogP contribution in [0, 0.1) is 0 Å². The van der Waals surface area contributed by atoms with E-state index in [4.69, 9.17) is 11.6 Å². The number of piperazine rings is 1. The molecule has 1 unspecified atom stereocenters. The van der Waals surface area contributed by atoms with Gasteiger partial charge >= 0.3 is 5.97 Å². The number of aliphatic carboxylic acids is 1. The minimum atomic E-state index is -0.867. The summed E-state index contributed by atoms with van der Waals surface area (Å²) in [5.74, 6) is -0.729. The minimum Gasteiger partial charge on any atom is -0.508 e. The summed E-state index contributed by atoms with van der Waals surface area (Å²) in [5, 5.41) is 19.8. The molecule has 2 N–H and O–H groups in total. The predicted molar refractivity (Wildman–Crippen MR) is 96.8 cm³/mol. The molecule has 0 aromatic heterocycles. The molecule has 132 valence electrons. The van der Waals surface area contributed by atoms with Crippen LogP contribution in [0.2, 0.25) is 5.02 Å². The topological polar surface area (TPSA) is 64.0 Å². The first kappa shape index (κ1) is 17.7. The molecule has 0 aliphatic carbocycles. The van der Waals surface area contributed by atoms with Crippen molar-refractivity contribution in [3.8, 4) is 5.75 Å². The Hall–Kier alpha value is -2.08. The lowest BCUT2D eigenvalue weighted by Crippen LogP contribution is -2.48. The van der Waals surface area contributed by atoms with Crippen molar-refractivity contribution in [2.45, 2.75) is 12.6 Å². The second-order valence-electron chi connectivity index (χ2n) is 6.27. The molecule has 1 heterocycles. The van der Waals surface area contributed by atoms with E-state index in [2.05, 4.69) is 11.0 Å². The van der Waals surface area contributed by atoms with Crippen LogP contribution in [0.5, 0.6) is 5.75 Å². The fourth-order valence-electron chi connectivity index (χ4n) is 3.24. The number of phenolic OH excluding ortho intramolecular Hbond substituents is 1. The quantitative estimate of drug-likeness (QED) is 0.858. The Labute approximate surface area is 152 Å². The third-order valence-corrected chi connectivity index (χ3v) is 4.75. The molecule has 0 saturated carbocycles. The van der Waals surface area contributed by atoms with Crippen LogP contribution in [0.25, 0.3) is 0 Å². The highest BCUT2D eigenvalue weighted by atomic mass is 35.5. The van der Waals surface area contributed by atoms with Crippen molar-refractivity contribution in [2.75, 3.05) is 26.2 Å². The van der Waals surface area contributed by atoms with Crippen LogP contribution in [0.1, 0.15) is 17.2 Å². The molecule has 0 spiro atoms. The van der Waals surface area contributed by atoms with Crippen molar-refractivity contribution in [2.24, 2.45) is 0 Å².